The molecule has 6 nitrogen and oxygen atoms in total. The number of para-hydroxylation sites is 1. The number of halogens is 1. The monoisotopic (exact) mass is 439 g/mol. The van der Waals surface area contributed by atoms with Gasteiger partial charge < -0.3 is 10.0 Å². The molecule has 1 saturated heterocycles. The van der Waals surface area contributed by atoms with E-state index in [1.807, 2.05) is 31.2 Å². The Balaban J connectivity index is 1.49. The van der Waals surface area contributed by atoms with E-state index in [4.69, 9.17) is 11.6 Å². The number of anilines is 1. The third kappa shape index (κ3) is 3.53. The van der Waals surface area contributed by atoms with E-state index in [1.165, 1.54) is 21.5 Å². The van der Waals surface area contributed by atoms with Gasteiger partial charge >= 0.3 is 0 Å². The molecule has 0 aliphatic carbocycles. The van der Waals surface area contributed by atoms with Crippen molar-refractivity contribution in [1.29, 1.82) is 0 Å². The SMILES string of the molecule is Cc1nc2sc(C(c3cccc(Cl)c3)N3CCN(c4ccccc4)CC3)c(O)n2n1. The summed E-state index contributed by atoms with van der Waals surface area (Å²) in [6, 6.07) is 18.3. The number of nitrogens with zero attached hydrogens (tertiary/aromatic N) is 5. The van der Waals surface area contributed by atoms with E-state index in [1.54, 1.807) is 0 Å². The van der Waals surface area contributed by atoms with Crippen molar-refractivity contribution in [3.63, 3.8) is 0 Å². The normalized spacial score (nSPS) is 16.3. The lowest BCUT2D eigenvalue weighted by Crippen LogP contribution is -2.47. The fourth-order valence-electron chi connectivity index (χ4n) is 4.11. The van der Waals surface area contributed by atoms with Gasteiger partial charge in [-0.3, -0.25) is 4.90 Å². The van der Waals surface area contributed by atoms with Gasteiger partial charge in [-0.25, -0.2) is 4.98 Å². The topological polar surface area (TPSA) is 56.9 Å². The Hall–Kier alpha value is -2.61. The first kappa shape index (κ1) is 19.4. The van der Waals surface area contributed by atoms with Crippen LogP contribution >= 0.6 is 22.9 Å². The molecule has 1 N–H and O–H groups in total. The van der Waals surface area contributed by atoms with Gasteiger partial charge in [0.05, 0.1) is 10.9 Å². The summed E-state index contributed by atoms with van der Waals surface area (Å²) < 4.78 is 1.53. The lowest BCUT2D eigenvalue weighted by molar-refractivity contribution is 0.211. The molecule has 0 radical (unpaired) electrons. The van der Waals surface area contributed by atoms with Crippen LogP contribution in [-0.4, -0.2) is 50.8 Å². The van der Waals surface area contributed by atoms with Crippen molar-refractivity contribution in [2.24, 2.45) is 0 Å². The molecule has 8 heteroatoms. The Bertz CT molecular complexity index is 1170. The highest BCUT2D eigenvalue weighted by Gasteiger charge is 2.31. The van der Waals surface area contributed by atoms with E-state index in [0.717, 1.165) is 36.6 Å². The maximum atomic E-state index is 11.0. The number of rotatable bonds is 4. The molecule has 1 aliphatic rings. The molecule has 0 bridgehead atoms. The van der Waals surface area contributed by atoms with Crippen molar-refractivity contribution in [2.75, 3.05) is 31.1 Å². The van der Waals surface area contributed by atoms with E-state index in [0.29, 0.717) is 15.8 Å². The second kappa shape index (κ2) is 7.91. The number of fused-ring (bicyclic) bond motifs is 1. The second-order valence-corrected chi connectivity index (χ2v) is 8.90. The van der Waals surface area contributed by atoms with Gasteiger partial charge in [-0.05, 0) is 36.8 Å². The molecule has 154 valence electrons. The highest BCUT2D eigenvalue weighted by atomic mass is 35.5. The molecule has 1 fully saturated rings. The molecular formula is C22H22ClN5OS. The van der Waals surface area contributed by atoms with Gasteiger partial charge in [0.25, 0.3) is 0 Å². The summed E-state index contributed by atoms with van der Waals surface area (Å²) in [6.07, 6.45) is 0. The molecule has 0 spiro atoms. The van der Waals surface area contributed by atoms with Gasteiger partial charge in [0, 0.05) is 36.9 Å². The molecule has 3 heterocycles. The molecule has 2 aromatic carbocycles. The number of aromatic hydroxyl groups is 1. The van der Waals surface area contributed by atoms with E-state index in [-0.39, 0.29) is 11.9 Å². The summed E-state index contributed by atoms with van der Waals surface area (Å²) in [7, 11) is 0. The molecule has 1 unspecified atom stereocenters. The Kier molecular flexibility index (Phi) is 5.10. The van der Waals surface area contributed by atoms with Crippen LogP contribution in [-0.2, 0) is 0 Å². The van der Waals surface area contributed by atoms with Crippen molar-refractivity contribution in [3.05, 3.63) is 75.9 Å². The van der Waals surface area contributed by atoms with Crippen LogP contribution in [0.4, 0.5) is 5.69 Å². The van der Waals surface area contributed by atoms with E-state index >= 15 is 0 Å². The minimum Gasteiger partial charge on any atom is -0.492 e. The fourth-order valence-corrected chi connectivity index (χ4v) is 5.47. The predicted molar refractivity (Wildman–Crippen MR) is 121 cm³/mol. The number of hydrogen-bond donors (Lipinski definition) is 1. The standard InChI is InChI=1S/C22H22ClN5OS/c1-15-24-22-28(25-15)21(29)20(30-22)19(16-6-5-7-17(23)14-16)27-12-10-26(11-13-27)18-8-3-2-4-9-18/h2-9,14,19,29H,10-13H2,1H3. The molecule has 2 aromatic heterocycles. The van der Waals surface area contributed by atoms with Crippen molar-refractivity contribution < 1.29 is 5.11 Å². The van der Waals surface area contributed by atoms with Crippen LogP contribution in [0, 0.1) is 6.92 Å². The van der Waals surface area contributed by atoms with Crippen LogP contribution in [0.2, 0.25) is 5.02 Å². The molecule has 1 aliphatic heterocycles. The smallest absolute Gasteiger partial charge is 0.230 e. The van der Waals surface area contributed by atoms with Gasteiger partial charge in [-0.2, -0.15) is 4.52 Å². The maximum absolute atomic E-state index is 11.0. The molecule has 30 heavy (non-hydrogen) atoms. The first-order chi connectivity index (χ1) is 14.6. The summed E-state index contributed by atoms with van der Waals surface area (Å²) >= 11 is 7.81. The molecule has 1 atom stereocenters. The van der Waals surface area contributed by atoms with Crippen LogP contribution in [0.1, 0.15) is 22.3 Å². The zero-order chi connectivity index (χ0) is 20.7. The number of piperazine rings is 1. The summed E-state index contributed by atoms with van der Waals surface area (Å²) in [4.78, 5) is 10.8. The lowest BCUT2D eigenvalue weighted by Gasteiger charge is -2.40. The number of aromatic nitrogens is 3. The Labute approximate surface area is 184 Å². The molecule has 0 amide bonds. The third-order valence-electron chi connectivity index (χ3n) is 5.52. The second-order valence-electron chi connectivity index (χ2n) is 7.46. The van der Waals surface area contributed by atoms with Gasteiger partial charge in [-0.1, -0.05) is 53.3 Å². The third-order valence-corrected chi connectivity index (χ3v) is 6.83. The number of hydrogen-bond acceptors (Lipinski definition) is 6. The zero-order valence-electron chi connectivity index (χ0n) is 16.6. The lowest BCUT2D eigenvalue weighted by atomic mass is 10.0. The Morgan fingerprint density at radius 2 is 1.80 bits per heavy atom. The summed E-state index contributed by atoms with van der Waals surface area (Å²) in [6.45, 7) is 5.41. The van der Waals surface area contributed by atoms with E-state index in [2.05, 4.69) is 50.2 Å². The first-order valence-electron chi connectivity index (χ1n) is 9.94. The highest BCUT2D eigenvalue weighted by Crippen LogP contribution is 2.40. The quantitative estimate of drug-likeness (QED) is 0.511. The van der Waals surface area contributed by atoms with Gasteiger partial charge in [0.1, 0.15) is 5.82 Å². The van der Waals surface area contributed by atoms with Crippen LogP contribution in [0.15, 0.2) is 54.6 Å². The average Bonchev–Trinajstić information content (AvgIpc) is 3.27. The zero-order valence-corrected chi connectivity index (χ0v) is 18.1. The van der Waals surface area contributed by atoms with Crippen molar-refractivity contribution in [3.8, 4) is 5.88 Å². The molecule has 0 saturated carbocycles. The summed E-state index contributed by atoms with van der Waals surface area (Å²) in [5.41, 5.74) is 2.31. The van der Waals surface area contributed by atoms with Crippen LogP contribution in [0.25, 0.3) is 4.96 Å². The van der Waals surface area contributed by atoms with E-state index in [9.17, 15) is 5.11 Å². The van der Waals surface area contributed by atoms with Crippen molar-refractivity contribution >= 4 is 33.6 Å². The minimum atomic E-state index is -0.101. The highest BCUT2D eigenvalue weighted by molar-refractivity contribution is 7.17. The van der Waals surface area contributed by atoms with Gasteiger partial charge in [-0.15, -0.1) is 5.10 Å². The van der Waals surface area contributed by atoms with Gasteiger partial charge in [0.2, 0.25) is 10.8 Å². The van der Waals surface area contributed by atoms with Crippen LogP contribution in [0.3, 0.4) is 0 Å². The molecule has 4 aromatic rings. The average molecular weight is 440 g/mol. The summed E-state index contributed by atoms with van der Waals surface area (Å²) in [5, 5.41) is 16.0. The van der Waals surface area contributed by atoms with E-state index < -0.39 is 0 Å². The first-order valence-corrected chi connectivity index (χ1v) is 11.1. The number of thiazole rings is 1. The summed E-state index contributed by atoms with van der Waals surface area (Å²) in [5.74, 6) is 0.810. The number of aryl methyl sites for hydroxylation is 1. The van der Waals surface area contributed by atoms with Crippen LogP contribution in [0.5, 0.6) is 5.88 Å². The largest absolute Gasteiger partial charge is 0.492 e. The van der Waals surface area contributed by atoms with Crippen molar-refractivity contribution in [1.82, 2.24) is 19.5 Å². The van der Waals surface area contributed by atoms with Gasteiger partial charge in [0.15, 0.2) is 0 Å². The Morgan fingerprint density at radius 1 is 1.03 bits per heavy atom. The predicted octanol–water partition coefficient (Wildman–Crippen LogP) is 4.37. The fraction of sp³-hybridized carbons (Fsp3) is 0.273. The molecular weight excluding hydrogens is 418 g/mol. The molecule has 5 rings (SSSR count). The van der Waals surface area contributed by atoms with Crippen LogP contribution < -0.4 is 4.90 Å². The maximum Gasteiger partial charge on any atom is 0.230 e. The van der Waals surface area contributed by atoms with Crippen molar-refractivity contribution in [2.45, 2.75) is 13.0 Å². The minimum absolute atomic E-state index is 0.101. The number of benzene rings is 2. The Morgan fingerprint density at radius 3 is 2.50 bits per heavy atom.